The number of Topliss-reactive ketones (excluding diaryl/α,β-unsaturated/α-hetero) is 1. The zero-order chi connectivity index (χ0) is 19.7. The summed E-state index contributed by atoms with van der Waals surface area (Å²) in [5, 5.41) is 0. The summed E-state index contributed by atoms with van der Waals surface area (Å²) in [4.78, 5) is 15.8. The minimum absolute atomic E-state index is 0.300. The van der Waals surface area contributed by atoms with Gasteiger partial charge in [0.05, 0.1) is 0 Å². The number of carbonyl (C=O) groups excluding carboxylic acids is 1. The molecule has 0 saturated carbocycles. The van der Waals surface area contributed by atoms with Gasteiger partial charge in [-0.2, -0.15) is 0 Å². The number of nitrogens with zero attached hydrogens (tertiary/aromatic N) is 2. The van der Waals surface area contributed by atoms with Gasteiger partial charge in [-0.05, 0) is 74.7 Å². The first-order valence-corrected chi connectivity index (χ1v) is 10.8. The van der Waals surface area contributed by atoms with Crippen LogP contribution in [0.1, 0.15) is 59.1 Å². The minimum atomic E-state index is 0.300. The molecule has 3 nitrogen and oxygen atoms in total. The van der Waals surface area contributed by atoms with Crippen LogP contribution in [0.3, 0.4) is 0 Å². The molecule has 1 aromatic heterocycles. The molecule has 1 aromatic carbocycles. The number of rotatable bonds is 4. The predicted octanol–water partition coefficient (Wildman–Crippen LogP) is 4.86. The van der Waals surface area contributed by atoms with E-state index in [9.17, 15) is 4.79 Å². The van der Waals surface area contributed by atoms with E-state index in [1.807, 2.05) is 0 Å². The Labute approximate surface area is 169 Å². The molecule has 28 heavy (non-hydrogen) atoms. The Morgan fingerprint density at radius 1 is 1.11 bits per heavy atom. The SMILES string of the molecule is CCc1c2c(n(C)c1C)CC/C(=C\C1CCN(Cc3ccccc3)CC1)C2=O. The van der Waals surface area contributed by atoms with Crippen molar-refractivity contribution in [1.29, 1.82) is 0 Å². The van der Waals surface area contributed by atoms with Gasteiger partial charge in [-0.3, -0.25) is 9.69 Å². The van der Waals surface area contributed by atoms with Gasteiger partial charge in [-0.15, -0.1) is 0 Å². The van der Waals surface area contributed by atoms with Crippen molar-refractivity contribution in [2.45, 2.75) is 52.5 Å². The van der Waals surface area contributed by atoms with Crippen molar-refractivity contribution in [2.75, 3.05) is 13.1 Å². The molecular formula is C25H32N2O. The zero-order valence-corrected chi connectivity index (χ0v) is 17.5. The lowest BCUT2D eigenvalue weighted by molar-refractivity contribution is 0.102. The molecule has 1 fully saturated rings. The molecule has 0 atom stereocenters. The Bertz CT molecular complexity index is 864. The molecule has 148 valence electrons. The van der Waals surface area contributed by atoms with Crippen LogP contribution in [0.25, 0.3) is 0 Å². The van der Waals surface area contributed by atoms with Crippen LogP contribution < -0.4 is 0 Å². The first-order valence-electron chi connectivity index (χ1n) is 10.8. The highest BCUT2D eigenvalue weighted by atomic mass is 16.1. The minimum Gasteiger partial charge on any atom is -0.351 e. The summed E-state index contributed by atoms with van der Waals surface area (Å²) in [6, 6.07) is 10.7. The van der Waals surface area contributed by atoms with Gasteiger partial charge in [0.2, 0.25) is 0 Å². The Morgan fingerprint density at radius 2 is 1.82 bits per heavy atom. The highest BCUT2D eigenvalue weighted by Gasteiger charge is 2.30. The van der Waals surface area contributed by atoms with Gasteiger partial charge in [0.1, 0.15) is 0 Å². The second-order valence-electron chi connectivity index (χ2n) is 8.42. The van der Waals surface area contributed by atoms with Gasteiger partial charge < -0.3 is 4.57 Å². The van der Waals surface area contributed by atoms with Gasteiger partial charge >= 0.3 is 0 Å². The number of hydrogen-bond donors (Lipinski definition) is 0. The molecule has 1 aliphatic carbocycles. The fraction of sp³-hybridized carbons (Fsp3) is 0.480. The van der Waals surface area contributed by atoms with Gasteiger partial charge in [-0.25, -0.2) is 0 Å². The lowest BCUT2D eigenvalue weighted by atomic mass is 9.84. The van der Waals surface area contributed by atoms with Crippen molar-refractivity contribution in [3.8, 4) is 0 Å². The summed E-state index contributed by atoms with van der Waals surface area (Å²) in [6.07, 6.45) is 7.47. The summed E-state index contributed by atoms with van der Waals surface area (Å²) < 4.78 is 2.24. The normalized spacial score (nSPS) is 20.0. The molecule has 0 unspecified atom stereocenters. The molecular weight excluding hydrogens is 344 g/mol. The number of piperidine rings is 1. The average Bonchev–Trinajstić information content (AvgIpc) is 2.97. The van der Waals surface area contributed by atoms with Crippen LogP contribution in [0.15, 0.2) is 42.0 Å². The molecule has 0 spiro atoms. The monoisotopic (exact) mass is 376 g/mol. The number of benzene rings is 1. The Hall–Kier alpha value is -2.13. The molecule has 1 saturated heterocycles. The van der Waals surface area contributed by atoms with Crippen LogP contribution in [0.2, 0.25) is 0 Å². The average molecular weight is 377 g/mol. The van der Waals surface area contributed by atoms with Crippen LogP contribution in [0.5, 0.6) is 0 Å². The molecule has 0 bridgehead atoms. The van der Waals surface area contributed by atoms with Gasteiger partial charge in [0, 0.05) is 30.5 Å². The topological polar surface area (TPSA) is 25.2 Å². The van der Waals surface area contributed by atoms with Crippen molar-refractivity contribution in [1.82, 2.24) is 9.47 Å². The number of ketones is 1. The summed E-state index contributed by atoms with van der Waals surface area (Å²) in [6.45, 7) is 7.59. The Kier molecular flexibility index (Phi) is 5.54. The molecule has 0 radical (unpaired) electrons. The fourth-order valence-corrected chi connectivity index (χ4v) is 5.01. The molecule has 0 N–H and O–H groups in total. The van der Waals surface area contributed by atoms with Crippen LogP contribution in [-0.2, 0) is 26.4 Å². The Morgan fingerprint density at radius 3 is 2.50 bits per heavy atom. The number of aromatic nitrogens is 1. The van der Waals surface area contributed by atoms with Crippen LogP contribution in [-0.4, -0.2) is 28.3 Å². The summed E-state index contributed by atoms with van der Waals surface area (Å²) in [5.74, 6) is 0.843. The third-order valence-corrected chi connectivity index (χ3v) is 6.76. The quantitative estimate of drug-likeness (QED) is 0.712. The number of likely N-dealkylation sites (tertiary alicyclic amines) is 1. The number of carbonyl (C=O) groups is 1. The van der Waals surface area contributed by atoms with Gasteiger partial charge in [0.15, 0.2) is 5.78 Å². The summed E-state index contributed by atoms with van der Waals surface area (Å²) in [7, 11) is 2.11. The zero-order valence-electron chi connectivity index (χ0n) is 17.5. The molecule has 0 amide bonds. The highest BCUT2D eigenvalue weighted by molar-refractivity contribution is 6.11. The molecule has 3 heteroatoms. The van der Waals surface area contributed by atoms with Crippen molar-refractivity contribution >= 4 is 5.78 Å². The van der Waals surface area contributed by atoms with E-state index < -0.39 is 0 Å². The van der Waals surface area contributed by atoms with E-state index in [0.717, 1.165) is 62.9 Å². The van der Waals surface area contributed by atoms with Crippen LogP contribution in [0, 0.1) is 12.8 Å². The van der Waals surface area contributed by atoms with E-state index in [1.54, 1.807) is 0 Å². The maximum Gasteiger partial charge on any atom is 0.190 e. The van der Waals surface area contributed by atoms with Crippen molar-refractivity contribution in [3.63, 3.8) is 0 Å². The number of allylic oxidation sites excluding steroid dienone is 2. The van der Waals surface area contributed by atoms with Gasteiger partial charge in [-0.1, -0.05) is 43.3 Å². The third-order valence-electron chi connectivity index (χ3n) is 6.76. The first-order chi connectivity index (χ1) is 13.6. The molecule has 2 aliphatic rings. The third kappa shape index (κ3) is 3.60. The van der Waals surface area contributed by atoms with E-state index in [2.05, 4.69) is 66.8 Å². The molecule has 4 rings (SSSR count). The number of fused-ring (bicyclic) bond motifs is 1. The van der Waals surface area contributed by atoms with Crippen molar-refractivity contribution < 1.29 is 4.79 Å². The van der Waals surface area contributed by atoms with E-state index in [4.69, 9.17) is 0 Å². The Balaban J connectivity index is 1.43. The smallest absolute Gasteiger partial charge is 0.190 e. The lowest BCUT2D eigenvalue weighted by Gasteiger charge is -2.31. The first kappa shape index (κ1) is 19.2. The van der Waals surface area contributed by atoms with Crippen molar-refractivity contribution in [3.05, 3.63) is 70.1 Å². The van der Waals surface area contributed by atoms with Crippen LogP contribution >= 0.6 is 0 Å². The predicted molar refractivity (Wildman–Crippen MR) is 115 cm³/mol. The maximum absolute atomic E-state index is 13.2. The summed E-state index contributed by atoms with van der Waals surface area (Å²) in [5.41, 5.74) is 7.23. The van der Waals surface area contributed by atoms with Crippen LogP contribution in [0.4, 0.5) is 0 Å². The summed E-state index contributed by atoms with van der Waals surface area (Å²) >= 11 is 0. The second kappa shape index (κ2) is 8.08. The maximum atomic E-state index is 13.2. The van der Waals surface area contributed by atoms with E-state index in [-0.39, 0.29) is 0 Å². The largest absolute Gasteiger partial charge is 0.351 e. The van der Waals surface area contributed by atoms with E-state index in [1.165, 1.54) is 22.5 Å². The molecule has 2 heterocycles. The fourth-order valence-electron chi connectivity index (χ4n) is 5.01. The standard InChI is InChI=1S/C25H32N2O/c1-4-22-18(2)26(3)23-11-10-21(25(28)24(22)23)16-19-12-14-27(15-13-19)17-20-8-6-5-7-9-20/h5-9,16,19H,4,10-15,17H2,1-3H3/b21-16+. The van der Waals surface area contributed by atoms with E-state index >= 15 is 0 Å². The number of hydrogen-bond acceptors (Lipinski definition) is 2. The second-order valence-corrected chi connectivity index (χ2v) is 8.42. The molecule has 2 aromatic rings. The highest BCUT2D eigenvalue weighted by Crippen LogP contribution is 2.33. The molecule has 1 aliphatic heterocycles. The van der Waals surface area contributed by atoms with Crippen molar-refractivity contribution in [2.24, 2.45) is 13.0 Å². The van der Waals surface area contributed by atoms with Gasteiger partial charge in [0.25, 0.3) is 0 Å². The van der Waals surface area contributed by atoms with E-state index in [0.29, 0.717) is 11.7 Å². The lowest BCUT2D eigenvalue weighted by Crippen LogP contribution is -2.33.